The smallest absolute Gasteiger partial charge is 0.210 e. The Hall–Kier alpha value is -4.05. The van der Waals surface area contributed by atoms with Crippen LogP contribution in [-0.2, 0) is 25.7 Å². The first-order chi connectivity index (χ1) is 21.3. The fourth-order valence-corrected chi connectivity index (χ4v) is 8.54. The van der Waals surface area contributed by atoms with E-state index in [1.165, 1.54) is 118 Å². The fourth-order valence-electron chi connectivity index (χ4n) is 8.44. The fraction of sp³-hybridized carbons (Fsp3) is 0.316. The third-order valence-corrected chi connectivity index (χ3v) is 10.3. The lowest BCUT2D eigenvalue weighted by Crippen LogP contribution is -2.45. The van der Waals surface area contributed by atoms with Crippen LogP contribution in [0.4, 0.5) is 11.4 Å². The molecule has 9 rings (SSSR count). The molecule has 0 aromatic heterocycles. The molecule has 0 bridgehead atoms. The molecule has 5 heterocycles. The molecule has 43 heavy (non-hydrogen) atoms. The lowest BCUT2D eigenvalue weighted by atomic mass is 9.82. The summed E-state index contributed by atoms with van der Waals surface area (Å²) in [7, 11) is 0. The number of isothiocyanates is 1. The molecule has 0 aliphatic carbocycles. The third-order valence-electron chi connectivity index (χ3n) is 10.2. The molecular formula is C38H34N3OS+. The van der Waals surface area contributed by atoms with Gasteiger partial charge in [0.15, 0.2) is 0 Å². The Morgan fingerprint density at radius 3 is 2.19 bits per heavy atom. The SMILES string of the molecule is S=C=Nc1ccc(-c2ccc(C3=c4cc5c6c(c4Oc4c3cc3c7c4CCCN7CCC3)CCC[N+]=6CCC5)cc2)cc1. The Morgan fingerprint density at radius 1 is 0.721 bits per heavy atom. The van der Waals surface area contributed by atoms with E-state index in [0.29, 0.717) is 0 Å². The van der Waals surface area contributed by atoms with E-state index in [0.717, 1.165) is 42.9 Å². The second-order valence-corrected chi connectivity index (χ2v) is 12.9. The minimum absolute atomic E-state index is 0.832. The standard InChI is InChI=1S/C38H34N3OS/c43-23-39-29-15-13-25(14-16-29)24-9-11-26(12-10-24)34-32-21-27-5-1-17-40-19-3-7-30(35(27)40)37(32)42-38-31-8-4-20-41-18-2-6-28(36(31)41)22-33(34)38/h9-16,21-22H,1-8,17-20H2/q+1. The minimum atomic E-state index is 0.832. The number of thiocarbonyl (C=S) groups is 1. The van der Waals surface area contributed by atoms with Gasteiger partial charge in [-0.05, 0) is 97.3 Å². The van der Waals surface area contributed by atoms with Crippen molar-refractivity contribution in [3.63, 3.8) is 0 Å². The molecule has 5 heteroatoms. The molecule has 0 saturated heterocycles. The molecule has 0 fully saturated rings. The highest BCUT2D eigenvalue weighted by Crippen LogP contribution is 2.48. The van der Waals surface area contributed by atoms with Crippen LogP contribution in [0.25, 0.3) is 16.7 Å². The maximum Gasteiger partial charge on any atom is 0.210 e. The first-order valence-corrected chi connectivity index (χ1v) is 16.4. The van der Waals surface area contributed by atoms with Crippen LogP contribution in [0.2, 0.25) is 0 Å². The molecule has 0 saturated carbocycles. The largest absolute Gasteiger partial charge is 0.455 e. The molecule has 5 aliphatic rings. The van der Waals surface area contributed by atoms with Crippen molar-refractivity contribution in [3.05, 3.63) is 105 Å². The van der Waals surface area contributed by atoms with E-state index in [2.05, 4.69) is 68.2 Å². The number of aryl methyl sites for hydroxylation is 2. The highest BCUT2D eigenvalue weighted by molar-refractivity contribution is 7.78. The molecule has 212 valence electrons. The molecular weight excluding hydrogens is 547 g/mol. The number of hydrogen-bond donors (Lipinski definition) is 0. The van der Waals surface area contributed by atoms with Crippen molar-refractivity contribution in [2.75, 3.05) is 31.1 Å². The molecule has 0 unspecified atom stereocenters. The van der Waals surface area contributed by atoms with Gasteiger partial charge in [0, 0.05) is 59.1 Å². The summed E-state index contributed by atoms with van der Waals surface area (Å²) in [4.78, 5) is 6.74. The summed E-state index contributed by atoms with van der Waals surface area (Å²) in [5.74, 6) is 2.24. The maximum atomic E-state index is 7.20. The summed E-state index contributed by atoms with van der Waals surface area (Å²) in [5, 5.41) is 5.22. The van der Waals surface area contributed by atoms with Gasteiger partial charge in [-0.2, -0.15) is 4.99 Å². The molecule has 0 N–H and O–H groups in total. The first-order valence-electron chi connectivity index (χ1n) is 16.0. The number of fused-ring (bicyclic) bond motifs is 4. The zero-order valence-electron chi connectivity index (χ0n) is 24.4. The molecule has 5 aliphatic heterocycles. The molecule has 0 spiro atoms. The van der Waals surface area contributed by atoms with Gasteiger partial charge in [0.25, 0.3) is 0 Å². The highest BCUT2D eigenvalue weighted by atomic mass is 32.1. The number of anilines is 1. The van der Waals surface area contributed by atoms with Crippen LogP contribution in [0, 0.1) is 0 Å². The molecule has 4 aromatic carbocycles. The van der Waals surface area contributed by atoms with Crippen LogP contribution < -0.4 is 24.8 Å². The lowest BCUT2D eigenvalue weighted by Gasteiger charge is -2.39. The molecule has 0 amide bonds. The highest BCUT2D eigenvalue weighted by Gasteiger charge is 2.35. The van der Waals surface area contributed by atoms with E-state index in [1.807, 2.05) is 12.1 Å². The maximum absolute atomic E-state index is 7.20. The number of nitrogens with zero attached hydrogens (tertiary/aromatic N) is 3. The predicted octanol–water partition coefficient (Wildman–Crippen LogP) is 6.52. The normalized spacial score (nSPS) is 17.6. The molecule has 4 aromatic rings. The van der Waals surface area contributed by atoms with Crippen LogP contribution in [-0.4, -0.2) is 31.3 Å². The van der Waals surface area contributed by atoms with Gasteiger partial charge in [-0.1, -0.05) is 36.4 Å². The number of benzene rings is 4. The van der Waals surface area contributed by atoms with Crippen molar-refractivity contribution in [3.8, 4) is 22.6 Å². The van der Waals surface area contributed by atoms with Gasteiger partial charge in [-0.3, -0.25) is 0 Å². The van der Waals surface area contributed by atoms with Crippen molar-refractivity contribution < 1.29 is 4.74 Å². The number of aliphatic imine (C=N–C) groups is 1. The summed E-state index contributed by atoms with van der Waals surface area (Å²) < 4.78 is 9.83. The van der Waals surface area contributed by atoms with Crippen LogP contribution in [0.15, 0.2) is 65.7 Å². The van der Waals surface area contributed by atoms with Crippen molar-refractivity contribution >= 4 is 34.3 Å². The zero-order chi connectivity index (χ0) is 28.5. The zero-order valence-corrected chi connectivity index (χ0v) is 25.2. The average Bonchev–Trinajstić information content (AvgIpc) is 3.05. The number of ether oxygens (including phenoxy) is 1. The molecule has 0 atom stereocenters. The van der Waals surface area contributed by atoms with Gasteiger partial charge in [0.05, 0.1) is 16.4 Å². The molecule has 4 nitrogen and oxygen atoms in total. The Balaban J connectivity index is 1.29. The van der Waals surface area contributed by atoms with Gasteiger partial charge < -0.3 is 9.64 Å². The molecule has 0 radical (unpaired) electrons. The van der Waals surface area contributed by atoms with E-state index in [-0.39, 0.29) is 0 Å². The predicted molar refractivity (Wildman–Crippen MR) is 177 cm³/mol. The summed E-state index contributed by atoms with van der Waals surface area (Å²) in [6.45, 7) is 4.67. The van der Waals surface area contributed by atoms with Crippen LogP contribution in [0.3, 0.4) is 0 Å². The Morgan fingerprint density at radius 2 is 1.40 bits per heavy atom. The third kappa shape index (κ3) is 3.98. The van der Waals surface area contributed by atoms with Crippen LogP contribution >= 0.6 is 12.2 Å². The van der Waals surface area contributed by atoms with Gasteiger partial charge >= 0.3 is 0 Å². The Kier molecular flexibility index (Phi) is 5.92. The van der Waals surface area contributed by atoms with Gasteiger partial charge in [-0.15, -0.1) is 0 Å². The van der Waals surface area contributed by atoms with E-state index in [9.17, 15) is 0 Å². The van der Waals surface area contributed by atoms with Crippen molar-refractivity contribution in [1.82, 2.24) is 4.58 Å². The van der Waals surface area contributed by atoms with E-state index in [4.69, 9.17) is 17.0 Å². The summed E-state index contributed by atoms with van der Waals surface area (Å²) in [6.07, 6.45) is 9.35. The van der Waals surface area contributed by atoms with E-state index < -0.39 is 0 Å². The van der Waals surface area contributed by atoms with E-state index in [1.54, 1.807) is 0 Å². The lowest BCUT2D eigenvalue weighted by molar-refractivity contribution is 0.431. The van der Waals surface area contributed by atoms with Crippen LogP contribution in [0.1, 0.15) is 59.1 Å². The Bertz CT molecular complexity index is 2000. The number of hydrogen-bond acceptors (Lipinski definition) is 4. The van der Waals surface area contributed by atoms with Crippen LogP contribution in [0.5, 0.6) is 11.5 Å². The number of rotatable bonds is 3. The minimum Gasteiger partial charge on any atom is -0.455 e. The van der Waals surface area contributed by atoms with Gasteiger partial charge in [0.2, 0.25) is 5.36 Å². The average molecular weight is 581 g/mol. The van der Waals surface area contributed by atoms with Crippen molar-refractivity contribution in [1.29, 1.82) is 0 Å². The monoisotopic (exact) mass is 580 g/mol. The topological polar surface area (TPSA) is 27.8 Å². The Labute approximate surface area is 257 Å². The summed E-state index contributed by atoms with van der Waals surface area (Å²) in [6, 6.07) is 22.4. The second-order valence-electron chi connectivity index (χ2n) is 12.7. The van der Waals surface area contributed by atoms with Crippen molar-refractivity contribution in [2.45, 2.75) is 51.4 Å². The van der Waals surface area contributed by atoms with Crippen molar-refractivity contribution in [2.24, 2.45) is 4.99 Å². The second kappa shape index (κ2) is 10.0. The summed E-state index contributed by atoms with van der Waals surface area (Å²) in [5.41, 5.74) is 14.5. The first kappa shape index (κ1) is 25.4. The van der Waals surface area contributed by atoms with E-state index >= 15 is 0 Å². The quantitative estimate of drug-likeness (QED) is 0.138. The van der Waals surface area contributed by atoms with Gasteiger partial charge in [0.1, 0.15) is 24.6 Å². The summed E-state index contributed by atoms with van der Waals surface area (Å²) >= 11 is 4.78. The van der Waals surface area contributed by atoms with Gasteiger partial charge in [-0.25, -0.2) is 4.58 Å².